The molecule has 0 atom stereocenters. The molecule has 1 rings (SSSR count). The summed E-state index contributed by atoms with van der Waals surface area (Å²) in [7, 11) is 0. The van der Waals surface area contributed by atoms with Gasteiger partial charge in [0.15, 0.2) is 0 Å². The van der Waals surface area contributed by atoms with E-state index in [4.69, 9.17) is 26.2 Å². The standard InChI is InChI=1S/C12H18ClNO3/c1-12(2,3)17-5-4-16-11-6-9(8-15)10(13)7-14-11/h6-7,15H,4-5,8H2,1-3H3. The molecule has 1 aromatic heterocycles. The SMILES string of the molecule is CC(C)(C)OCCOc1cc(CO)c(Cl)cn1. The predicted octanol–water partition coefficient (Wildman–Crippen LogP) is 2.42. The van der Waals surface area contributed by atoms with Gasteiger partial charge < -0.3 is 14.6 Å². The molecule has 0 saturated heterocycles. The Balaban J connectivity index is 2.42. The van der Waals surface area contributed by atoms with Gasteiger partial charge in [0, 0.05) is 17.8 Å². The van der Waals surface area contributed by atoms with Gasteiger partial charge in [0.1, 0.15) is 6.61 Å². The highest BCUT2D eigenvalue weighted by Crippen LogP contribution is 2.19. The van der Waals surface area contributed by atoms with E-state index in [-0.39, 0.29) is 12.2 Å². The highest BCUT2D eigenvalue weighted by atomic mass is 35.5. The molecule has 1 aromatic rings. The van der Waals surface area contributed by atoms with Crippen LogP contribution in [-0.4, -0.2) is 28.9 Å². The third-order valence-electron chi connectivity index (χ3n) is 1.95. The van der Waals surface area contributed by atoms with Gasteiger partial charge in [-0.3, -0.25) is 0 Å². The molecule has 0 bridgehead atoms. The van der Waals surface area contributed by atoms with Crippen molar-refractivity contribution in [3.63, 3.8) is 0 Å². The summed E-state index contributed by atoms with van der Waals surface area (Å²) in [4.78, 5) is 4.00. The predicted molar refractivity (Wildman–Crippen MR) is 66.4 cm³/mol. The molecule has 0 amide bonds. The van der Waals surface area contributed by atoms with Gasteiger partial charge in [0.25, 0.3) is 0 Å². The number of aromatic nitrogens is 1. The van der Waals surface area contributed by atoms with Crippen LogP contribution in [0.1, 0.15) is 26.3 Å². The second kappa shape index (κ2) is 6.19. The molecular weight excluding hydrogens is 242 g/mol. The van der Waals surface area contributed by atoms with E-state index in [0.29, 0.717) is 29.7 Å². The maximum Gasteiger partial charge on any atom is 0.213 e. The monoisotopic (exact) mass is 259 g/mol. The Hall–Kier alpha value is -0.840. The number of aliphatic hydroxyl groups excluding tert-OH is 1. The summed E-state index contributed by atoms with van der Waals surface area (Å²) in [6.07, 6.45) is 1.47. The van der Waals surface area contributed by atoms with E-state index in [2.05, 4.69) is 4.98 Å². The Morgan fingerprint density at radius 1 is 1.35 bits per heavy atom. The molecule has 1 N–H and O–H groups in total. The van der Waals surface area contributed by atoms with E-state index in [1.807, 2.05) is 20.8 Å². The Labute approximate surface area is 107 Å². The fraction of sp³-hybridized carbons (Fsp3) is 0.583. The fourth-order valence-corrected chi connectivity index (χ4v) is 1.32. The van der Waals surface area contributed by atoms with Crippen LogP contribution in [0, 0.1) is 0 Å². The van der Waals surface area contributed by atoms with Gasteiger partial charge in [-0.15, -0.1) is 0 Å². The molecule has 0 unspecified atom stereocenters. The first-order valence-corrected chi connectivity index (χ1v) is 5.82. The molecule has 0 spiro atoms. The van der Waals surface area contributed by atoms with Gasteiger partial charge in [-0.2, -0.15) is 0 Å². The van der Waals surface area contributed by atoms with Crippen molar-refractivity contribution in [3.8, 4) is 5.88 Å². The van der Waals surface area contributed by atoms with Crippen LogP contribution in [0.15, 0.2) is 12.3 Å². The van der Waals surface area contributed by atoms with Crippen LogP contribution in [-0.2, 0) is 11.3 Å². The van der Waals surface area contributed by atoms with Crippen LogP contribution in [0.4, 0.5) is 0 Å². The summed E-state index contributed by atoms with van der Waals surface area (Å²) < 4.78 is 10.9. The van der Waals surface area contributed by atoms with Crippen molar-refractivity contribution in [2.75, 3.05) is 13.2 Å². The van der Waals surface area contributed by atoms with E-state index in [1.165, 1.54) is 6.20 Å². The van der Waals surface area contributed by atoms with Crippen LogP contribution in [0.25, 0.3) is 0 Å². The van der Waals surface area contributed by atoms with Crippen LogP contribution >= 0.6 is 11.6 Å². The molecule has 0 fully saturated rings. The minimum Gasteiger partial charge on any atom is -0.475 e. The van der Waals surface area contributed by atoms with Gasteiger partial charge in [0.05, 0.1) is 23.8 Å². The lowest BCUT2D eigenvalue weighted by molar-refractivity contribution is -0.0168. The first-order valence-electron chi connectivity index (χ1n) is 5.44. The van der Waals surface area contributed by atoms with Crippen molar-refractivity contribution < 1.29 is 14.6 Å². The van der Waals surface area contributed by atoms with E-state index < -0.39 is 0 Å². The minimum atomic E-state index is -0.174. The van der Waals surface area contributed by atoms with E-state index >= 15 is 0 Å². The molecular formula is C12H18ClNO3. The highest BCUT2D eigenvalue weighted by Gasteiger charge is 2.09. The number of halogens is 1. The smallest absolute Gasteiger partial charge is 0.213 e. The first-order chi connectivity index (χ1) is 7.92. The number of rotatable bonds is 5. The topological polar surface area (TPSA) is 51.6 Å². The summed E-state index contributed by atoms with van der Waals surface area (Å²) >= 11 is 5.81. The molecule has 1 heterocycles. The maximum absolute atomic E-state index is 9.03. The summed E-state index contributed by atoms with van der Waals surface area (Å²) in [5.41, 5.74) is 0.431. The number of hydrogen-bond acceptors (Lipinski definition) is 4. The van der Waals surface area contributed by atoms with Crippen molar-refractivity contribution >= 4 is 11.6 Å². The molecule has 0 aliphatic carbocycles. The summed E-state index contributed by atoms with van der Waals surface area (Å²) in [6, 6.07) is 1.62. The Morgan fingerprint density at radius 3 is 2.65 bits per heavy atom. The number of aliphatic hydroxyl groups is 1. The zero-order valence-electron chi connectivity index (χ0n) is 10.4. The van der Waals surface area contributed by atoms with Gasteiger partial charge in [-0.25, -0.2) is 4.98 Å². The third-order valence-corrected chi connectivity index (χ3v) is 2.29. The number of hydrogen-bond donors (Lipinski definition) is 1. The molecule has 0 aromatic carbocycles. The lowest BCUT2D eigenvalue weighted by Gasteiger charge is -2.19. The van der Waals surface area contributed by atoms with E-state index in [0.717, 1.165) is 0 Å². The summed E-state index contributed by atoms with van der Waals surface area (Å²) in [5.74, 6) is 0.441. The van der Waals surface area contributed by atoms with Crippen LogP contribution in [0.3, 0.4) is 0 Å². The quantitative estimate of drug-likeness (QED) is 0.825. The van der Waals surface area contributed by atoms with Gasteiger partial charge >= 0.3 is 0 Å². The van der Waals surface area contributed by atoms with E-state index in [1.54, 1.807) is 6.07 Å². The zero-order chi connectivity index (χ0) is 12.9. The second-order valence-electron chi connectivity index (χ2n) is 4.58. The Kier molecular flexibility index (Phi) is 5.18. The van der Waals surface area contributed by atoms with Crippen LogP contribution < -0.4 is 4.74 Å². The number of nitrogens with zero attached hydrogens (tertiary/aromatic N) is 1. The van der Waals surface area contributed by atoms with Crippen LogP contribution in [0.5, 0.6) is 5.88 Å². The third kappa shape index (κ3) is 5.35. The Bertz CT molecular complexity index is 363. The lowest BCUT2D eigenvalue weighted by atomic mass is 10.2. The molecule has 17 heavy (non-hydrogen) atoms. The fourth-order valence-electron chi connectivity index (χ4n) is 1.15. The average molecular weight is 260 g/mol. The van der Waals surface area contributed by atoms with Crippen LogP contribution in [0.2, 0.25) is 5.02 Å². The molecule has 5 heteroatoms. The summed E-state index contributed by atoms with van der Waals surface area (Å²) in [5, 5.41) is 9.46. The second-order valence-corrected chi connectivity index (χ2v) is 4.99. The molecule has 0 aliphatic heterocycles. The zero-order valence-corrected chi connectivity index (χ0v) is 11.1. The number of ether oxygens (including phenoxy) is 2. The molecule has 4 nitrogen and oxygen atoms in total. The van der Waals surface area contributed by atoms with Gasteiger partial charge in [0.2, 0.25) is 5.88 Å². The highest BCUT2D eigenvalue weighted by molar-refractivity contribution is 6.31. The van der Waals surface area contributed by atoms with Gasteiger partial charge in [-0.05, 0) is 20.8 Å². The van der Waals surface area contributed by atoms with Crippen molar-refractivity contribution in [2.45, 2.75) is 33.0 Å². The number of pyridine rings is 1. The van der Waals surface area contributed by atoms with Crippen molar-refractivity contribution in [1.82, 2.24) is 4.98 Å². The summed E-state index contributed by atoms with van der Waals surface area (Å²) in [6.45, 7) is 6.72. The normalized spacial score (nSPS) is 11.6. The first kappa shape index (κ1) is 14.2. The van der Waals surface area contributed by atoms with E-state index in [9.17, 15) is 0 Å². The average Bonchev–Trinajstić information content (AvgIpc) is 2.25. The van der Waals surface area contributed by atoms with Crippen molar-refractivity contribution in [3.05, 3.63) is 22.8 Å². The van der Waals surface area contributed by atoms with Crippen molar-refractivity contribution in [2.24, 2.45) is 0 Å². The minimum absolute atomic E-state index is 0.129. The molecule has 0 saturated carbocycles. The van der Waals surface area contributed by atoms with Crippen molar-refractivity contribution in [1.29, 1.82) is 0 Å². The molecule has 0 radical (unpaired) electrons. The molecule has 0 aliphatic rings. The van der Waals surface area contributed by atoms with Gasteiger partial charge in [-0.1, -0.05) is 11.6 Å². The maximum atomic E-state index is 9.03. The Morgan fingerprint density at radius 2 is 2.06 bits per heavy atom. The lowest BCUT2D eigenvalue weighted by Crippen LogP contribution is -2.22. The molecule has 96 valence electrons. The largest absolute Gasteiger partial charge is 0.475 e.